The summed E-state index contributed by atoms with van der Waals surface area (Å²) in [5.74, 6) is 0.583. The van der Waals surface area contributed by atoms with Gasteiger partial charge in [0.1, 0.15) is 0 Å². The first-order valence-electron chi connectivity index (χ1n) is 5.68. The summed E-state index contributed by atoms with van der Waals surface area (Å²) in [5, 5.41) is 14.8. The number of hydrogen-bond acceptors (Lipinski definition) is 2. The van der Waals surface area contributed by atoms with Crippen LogP contribution in [0.5, 0.6) is 0 Å². The molecule has 1 aromatic carbocycles. The molecular formula is C13H18N2O. The number of rotatable bonds is 3. The predicted molar refractivity (Wildman–Crippen MR) is 65.2 cm³/mol. The number of hydrogen-bond donors (Lipinski definition) is 1. The zero-order valence-electron chi connectivity index (χ0n) is 10.1. The Balaban J connectivity index is 2.53. The minimum atomic E-state index is 0.0880. The molecule has 0 fully saturated rings. The van der Waals surface area contributed by atoms with Crippen molar-refractivity contribution >= 4 is 10.9 Å². The maximum Gasteiger partial charge on any atom is 0.0685 e. The van der Waals surface area contributed by atoms with Crippen LogP contribution in [0, 0.1) is 12.8 Å². The van der Waals surface area contributed by atoms with E-state index in [9.17, 15) is 0 Å². The van der Waals surface area contributed by atoms with Crippen molar-refractivity contribution < 1.29 is 5.11 Å². The van der Waals surface area contributed by atoms with Crippen molar-refractivity contribution in [1.82, 2.24) is 9.78 Å². The number of fused-ring (bicyclic) bond motifs is 1. The Labute approximate surface area is 95.7 Å². The first kappa shape index (κ1) is 11.1. The van der Waals surface area contributed by atoms with Crippen LogP contribution in [0.4, 0.5) is 0 Å². The van der Waals surface area contributed by atoms with Crippen LogP contribution in [0.25, 0.3) is 10.9 Å². The molecule has 1 heterocycles. The maximum atomic E-state index is 9.11. The Hall–Kier alpha value is -1.35. The largest absolute Gasteiger partial charge is 0.392 e. The van der Waals surface area contributed by atoms with E-state index in [2.05, 4.69) is 23.6 Å². The van der Waals surface area contributed by atoms with Gasteiger partial charge < -0.3 is 5.11 Å². The summed E-state index contributed by atoms with van der Waals surface area (Å²) in [6.07, 6.45) is 0. The average Bonchev–Trinajstić information content (AvgIpc) is 2.54. The van der Waals surface area contributed by atoms with E-state index in [1.807, 2.05) is 25.1 Å². The SMILES string of the molecule is Cc1nn(CC(C)C)c2ccc(CO)cc12. The van der Waals surface area contributed by atoms with Crippen molar-refractivity contribution in [2.45, 2.75) is 33.9 Å². The van der Waals surface area contributed by atoms with Gasteiger partial charge in [0.25, 0.3) is 0 Å². The molecule has 3 nitrogen and oxygen atoms in total. The number of aromatic nitrogens is 2. The van der Waals surface area contributed by atoms with E-state index < -0.39 is 0 Å². The van der Waals surface area contributed by atoms with Crippen LogP contribution in [0.2, 0.25) is 0 Å². The second kappa shape index (κ2) is 4.26. The van der Waals surface area contributed by atoms with Gasteiger partial charge in [0.15, 0.2) is 0 Å². The minimum Gasteiger partial charge on any atom is -0.392 e. The Morgan fingerprint density at radius 2 is 2.12 bits per heavy atom. The molecule has 0 spiro atoms. The number of aliphatic hydroxyl groups excluding tert-OH is 1. The smallest absolute Gasteiger partial charge is 0.0685 e. The molecule has 0 saturated heterocycles. The Kier molecular flexibility index (Phi) is 2.97. The van der Waals surface area contributed by atoms with Crippen LogP contribution in [-0.4, -0.2) is 14.9 Å². The van der Waals surface area contributed by atoms with Gasteiger partial charge in [-0.2, -0.15) is 5.10 Å². The highest BCUT2D eigenvalue weighted by molar-refractivity contribution is 5.82. The van der Waals surface area contributed by atoms with Crippen LogP contribution in [-0.2, 0) is 13.2 Å². The molecule has 1 N–H and O–H groups in total. The van der Waals surface area contributed by atoms with E-state index >= 15 is 0 Å². The van der Waals surface area contributed by atoms with Crippen molar-refractivity contribution in [2.24, 2.45) is 5.92 Å². The molecule has 0 saturated carbocycles. The lowest BCUT2D eigenvalue weighted by molar-refractivity contribution is 0.282. The molecule has 1 aromatic heterocycles. The average molecular weight is 218 g/mol. The number of nitrogens with zero attached hydrogens (tertiary/aromatic N) is 2. The van der Waals surface area contributed by atoms with Gasteiger partial charge in [-0.15, -0.1) is 0 Å². The molecule has 16 heavy (non-hydrogen) atoms. The van der Waals surface area contributed by atoms with Crippen LogP contribution < -0.4 is 0 Å². The quantitative estimate of drug-likeness (QED) is 0.859. The summed E-state index contributed by atoms with van der Waals surface area (Å²) in [4.78, 5) is 0. The lowest BCUT2D eigenvalue weighted by atomic mass is 10.1. The third-order valence-electron chi connectivity index (χ3n) is 2.72. The zero-order chi connectivity index (χ0) is 11.7. The fraction of sp³-hybridized carbons (Fsp3) is 0.462. The highest BCUT2D eigenvalue weighted by Crippen LogP contribution is 2.20. The molecule has 0 atom stereocenters. The fourth-order valence-corrected chi connectivity index (χ4v) is 1.97. The molecule has 3 heteroatoms. The Bertz CT molecular complexity index is 500. The molecule has 0 amide bonds. The van der Waals surface area contributed by atoms with Gasteiger partial charge in [-0.1, -0.05) is 19.9 Å². The summed E-state index contributed by atoms with van der Waals surface area (Å²) >= 11 is 0. The van der Waals surface area contributed by atoms with Gasteiger partial charge in [0.2, 0.25) is 0 Å². The lowest BCUT2D eigenvalue weighted by Gasteiger charge is -2.06. The lowest BCUT2D eigenvalue weighted by Crippen LogP contribution is -2.05. The summed E-state index contributed by atoms with van der Waals surface area (Å²) < 4.78 is 2.05. The van der Waals surface area contributed by atoms with E-state index in [-0.39, 0.29) is 6.61 Å². The van der Waals surface area contributed by atoms with E-state index in [1.54, 1.807) is 0 Å². The highest BCUT2D eigenvalue weighted by atomic mass is 16.3. The second-order valence-electron chi connectivity index (χ2n) is 4.67. The van der Waals surface area contributed by atoms with E-state index in [1.165, 1.54) is 0 Å². The molecule has 0 aliphatic heterocycles. The van der Waals surface area contributed by atoms with E-state index in [4.69, 9.17) is 5.11 Å². The maximum absolute atomic E-state index is 9.11. The zero-order valence-corrected chi connectivity index (χ0v) is 10.1. The van der Waals surface area contributed by atoms with Crippen LogP contribution >= 0.6 is 0 Å². The molecule has 0 aliphatic carbocycles. The van der Waals surface area contributed by atoms with Gasteiger partial charge in [-0.25, -0.2) is 0 Å². The topological polar surface area (TPSA) is 38.0 Å². The third-order valence-corrected chi connectivity index (χ3v) is 2.72. The van der Waals surface area contributed by atoms with Crippen molar-refractivity contribution in [2.75, 3.05) is 0 Å². The Morgan fingerprint density at radius 3 is 2.75 bits per heavy atom. The molecule has 0 unspecified atom stereocenters. The van der Waals surface area contributed by atoms with Crippen molar-refractivity contribution in [3.8, 4) is 0 Å². The van der Waals surface area contributed by atoms with E-state index in [0.29, 0.717) is 5.92 Å². The second-order valence-corrected chi connectivity index (χ2v) is 4.67. The molecule has 2 rings (SSSR count). The summed E-state index contributed by atoms with van der Waals surface area (Å²) in [7, 11) is 0. The van der Waals surface area contributed by atoms with Crippen molar-refractivity contribution in [3.05, 3.63) is 29.5 Å². The first-order chi connectivity index (χ1) is 7.61. The monoisotopic (exact) mass is 218 g/mol. The first-order valence-corrected chi connectivity index (χ1v) is 5.68. The molecule has 0 bridgehead atoms. The van der Waals surface area contributed by atoms with Gasteiger partial charge in [-0.3, -0.25) is 4.68 Å². The number of benzene rings is 1. The molecule has 0 aliphatic rings. The molecule has 2 aromatic rings. The summed E-state index contributed by atoms with van der Waals surface area (Å²) in [6, 6.07) is 6.03. The van der Waals surface area contributed by atoms with Crippen molar-refractivity contribution in [3.63, 3.8) is 0 Å². The van der Waals surface area contributed by atoms with Gasteiger partial charge in [0.05, 0.1) is 17.8 Å². The standard InChI is InChI=1S/C13H18N2O/c1-9(2)7-15-13-5-4-11(8-16)6-12(13)10(3)14-15/h4-6,9,16H,7-8H2,1-3H3. The summed E-state index contributed by atoms with van der Waals surface area (Å²) in [6.45, 7) is 7.41. The van der Waals surface area contributed by atoms with Crippen LogP contribution in [0.3, 0.4) is 0 Å². The number of aryl methyl sites for hydroxylation is 1. The molecule has 0 radical (unpaired) electrons. The highest BCUT2D eigenvalue weighted by Gasteiger charge is 2.08. The molecule has 86 valence electrons. The third kappa shape index (κ3) is 1.95. The van der Waals surface area contributed by atoms with Gasteiger partial charge in [-0.05, 0) is 30.5 Å². The molecular weight excluding hydrogens is 200 g/mol. The van der Waals surface area contributed by atoms with E-state index in [0.717, 1.165) is 28.7 Å². The summed E-state index contributed by atoms with van der Waals surface area (Å²) in [5.41, 5.74) is 3.13. The van der Waals surface area contributed by atoms with Crippen LogP contribution in [0.1, 0.15) is 25.1 Å². The fourth-order valence-electron chi connectivity index (χ4n) is 1.97. The minimum absolute atomic E-state index is 0.0880. The van der Waals surface area contributed by atoms with Crippen molar-refractivity contribution in [1.29, 1.82) is 0 Å². The normalized spacial score (nSPS) is 11.6. The Morgan fingerprint density at radius 1 is 1.38 bits per heavy atom. The van der Waals surface area contributed by atoms with Gasteiger partial charge >= 0.3 is 0 Å². The van der Waals surface area contributed by atoms with Crippen LogP contribution in [0.15, 0.2) is 18.2 Å². The number of aliphatic hydroxyl groups is 1. The van der Waals surface area contributed by atoms with Gasteiger partial charge in [0, 0.05) is 11.9 Å². The predicted octanol–water partition coefficient (Wildman–Crippen LogP) is 2.49.